The van der Waals surface area contributed by atoms with Crippen LogP contribution in [0.1, 0.15) is 57.9 Å². The molecule has 1 aromatic carbocycles. The minimum atomic E-state index is -0.348. The lowest BCUT2D eigenvalue weighted by Crippen LogP contribution is -2.36. The summed E-state index contributed by atoms with van der Waals surface area (Å²) in [6.07, 6.45) is 7.71. The number of ether oxygens (including phenoxy) is 2. The predicted molar refractivity (Wildman–Crippen MR) is 107 cm³/mol. The van der Waals surface area contributed by atoms with Crippen LogP contribution in [0.4, 0.5) is 0 Å². The summed E-state index contributed by atoms with van der Waals surface area (Å²) in [6, 6.07) is 5.52. The Labute approximate surface area is 166 Å². The first-order valence-electron chi connectivity index (χ1n) is 9.45. The Balaban J connectivity index is 2.23. The fraction of sp³-hybridized carbons (Fsp3) is 0.524. The molecular formula is C21H27ClN2O3. The molecule has 0 saturated heterocycles. The number of halogens is 1. The molecule has 1 atom stereocenters. The normalized spacial score (nSPS) is 16.3. The van der Waals surface area contributed by atoms with Gasteiger partial charge in [-0.2, -0.15) is 5.26 Å². The summed E-state index contributed by atoms with van der Waals surface area (Å²) in [5, 5.41) is 12.8. The maximum Gasteiger partial charge on any atom is 0.262 e. The molecule has 6 heteroatoms. The summed E-state index contributed by atoms with van der Waals surface area (Å²) < 4.78 is 11.2. The van der Waals surface area contributed by atoms with E-state index < -0.39 is 0 Å². The number of amides is 1. The van der Waals surface area contributed by atoms with E-state index in [9.17, 15) is 10.1 Å². The van der Waals surface area contributed by atoms with Crippen LogP contribution in [0.15, 0.2) is 17.7 Å². The summed E-state index contributed by atoms with van der Waals surface area (Å²) >= 11 is 6.36. The molecule has 1 aromatic rings. The zero-order chi connectivity index (χ0) is 19.8. The first kappa shape index (κ1) is 21.1. The number of hydrogen-bond donors (Lipinski definition) is 1. The third-order valence-corrected chi connectivity index (χ3v) is 5.04. The number of nitriles is 1. The lowest BCUT2D eigenvalue weighted by Gasteiger charge is -2.22. The van der Waals surface area contributed by atoms with E-state index in [0.29, 0.717) is 22.1 Å². The Kier molecular flexibility index (Phi) is 7.99. The van der Waals surface area contributed by atoms with Gasteiger partial charge in [-0.3, -0.25) is 4.79 Å². The number of nitrogens with one attached hydrogen (secondary N) is 1. The topological polar surface area (TPSA) is 71.3 Å². The van der Waals surface area contributed by atoms with Gasteiger partial charge in [0.2, 0.25) is 0 Å². The van der Waals surface area contributed by atoms with Crippen molar-refractivity contribution < 1.29 is 14.3 Å². The summed E-state index contributed by atoms with van der Waals surface area (Å²) in [5.41, 5.74) is 0.665. The van der Waals surface area contributed by atoms with Crippen molar-refractivity contribution in [1.82, 2.24) is 5.32 Å². The Morgan fingerprint density at radius 2 is 2.11 bits per heavy atom. The molecule has 0 aromatic heterocycles. The largest absolute Gasteiger partial charge is 0.493 e. The lowest BCUT2D eigenvalue weighted by molar-refractivity contribution is -0.117. The SMILES string of the molecule is CC[C@H](C)Oc1c(Cl)cc(/C=C(/C#N)C(=O)NC2CCCCC2)cc1OC. The number of hydrogen-bond acceptors (Lipinski definition) is 4. The van der Waals surface area contributed by atoms with Gasteiger partial charge in [0.05, 0.1) is 18.2 Å². The Morgan fingerprint density at radius 1 is 1.41 bits per heavy atom. The van der Waals surface area contributed by atoms with Gasteiger partial charge >= 0.3 is 0 Å². The van der Waals surface area contributed by atoms with Crippen molar-refractivity contribution in [3.63, 3.8) is 0 Å². The third-order valence-electron chi connectivity index (χ3n) is 4.76. The van der Waals surface area contributed by atoms with Crippen LogP contribution >= 0.6 is 11.6 Å². The van der Waals surface area contributed by atoms with Crippen molar-refractivity contribution in [2.75, 3.05) is 7.11 Å². The van der Waals surface area contributed by atoms with E-state index in [2.05, 4.69) is 5.32 Å². The molecule has 1 amide bonds. The van der Waals surface area contributed by atoms with Gasteiger partial charge < -0.3 is 14.8 Å². The lowest BCUT2D eigenvalue weighted by atomic mass is 9.95. The van der Waals surface area contributed by atoms with Gasteiger partial charge in [-0.1, -0.05) is 37.8 Å². The second-order valence-corrected chi connectivity index (χ2v) is 7.26. The van der Waals surface area contributed by atoms with E-state index in [1.807, 2.05) is 19.9 Å². The summed E-state index contributed by atoms with van der Waals surface area (Å²) in [5.74, 6) is 0.592. The van der Waals surface area contributed by atoms with Crippen molar-refractivity contribution in [2.24, 2.45) is 0 Å². The standard InChI is InChI=1S/C21H27ClN2O3/c1-4-14(2)27-20-18(22)11-15(12-19(20)26-3)10-16(13-23)21(25)24-17-8-6-5-7-9-17/h10-12,14,17H,4-9H2,1-3H3,(H,24,25)/b16-10-/t14-/m0/s1. The zero-order valence-corrected chi connectivity index (χ0v) is 16.9. The Bertz CT molecular complexity index is 734. The van der Waals surface area contributed by atoms with Crippen LogP contribution in [-0.4, -0.2) is 25.2 Å². The van der Waals surface area contributed by atoms with E-state index in [4.69, 9.17) is 21.1 Å². The molecular weight excluding hydrogens is 364 g/mol. The Hall–Kier alpha value is -2.19. The minimum Gasteiger partial charge on any atom is -0.493 e. The van der Waals surface area contributed by atoms with E-state index in [0.717, 1.165) is 32.1 Å². The van der Waals surface area contributed by atoms with Gasteiger partial charge in [0.25, 0.3) is 5.91 Å². The molecule has 0 unspecified atom stereocenters. The van der Waals surface area contributed by atoms with Crippen molar-refractivity contribution in [3.8, 4) is 17.6 Å². The molecule has 27 heavy (non-hydrogen) atoms. The molecule has 2 rings (SSSR count). The minimum absolute atomic E-state index is 0.00580. The van der Waals surface area contributed by atoms with Gasteiger partial charge in [0, 0.05) is 6.04 Å². The fourth-order valence-electron chi connectivity index (χ4n) is 3.05. The van der Waals surface area contributed by atoms with E-state index in [-0.39, 0.29) is 23.6 Å². The van der Waals surface area contributed by atoms with Crippen LogP contribution in [0, 0.1) is 11.3 Å². The van der Waals surface area contributed by atoms with Gasteiger partial charge in [0.15, 0.2) is 11.5 Å². The molecule has 1 aliphatic rings. The van der Waals surface area contributed by atoms with Gasteiger partial charge in [-0.15, -0.1) is 0 Å². The van der Waals surface area contributed by atoms with E-state index >= 15 is 0 Å². The van der Waals surface area contributed by atoms with Crippen LogP contribution < -0.4 is 14.8 Å². The number of rotatable bonds is 7. The number of benzene rings is 1. The highest BCUT2D eigenvalue weighted by atomic mass is 35.5. The molecule has 1 aliphatic carbocycles. The number of carbonyl (C=O) groups is 1. The molecule has 0 radical (unpaired) electrons. The van der Waals surface area contributed by atoms with Crippen molar-refractivity contribution in [3.05, 3.63) is 28.3 Å². The highest BCUT2D eigenvalue weighted by Crippen LogP contribution is 2.38. The summed E-state index contributed by atoms with van der Waals surface area (Å²) in [4.78, 5) is 12.4. The van der Waals surface area contributed by atoms with Crippen LogP contribution in [0.25, 0.3) is 6.08 Å². The molecule has 146 valence electrons. The zero-order valence-electron chi connectivity index (χ0n) is 16.2. The predicted octanol–water partition coefficient (Wildman–Crippen LogP) is 4.88. The first-order chi connectivity index (χ1) is 13.0. The molecule has 0 spiro atoms. The third kappa shape index (κ3) is 5.90. The number of carbonyl (C=O) groups excluding carboxylic acids is 1. The van der Waals surface area contributed by atoms with Crippen molar-refractivity contribution in [1.29, 1.82) is 5.26 Å². The van der Waals surface area contributed by atoms with Crippen LogP contribution in [0.5, 0.6) is 11.5 Å². The van der Waals surface area contributed by atoms with Crippen molar-refractivity contribution in [2.45, 2.75) is 64.5 Å². The number of nitrogens with zero attached hydrogens (tertiary/aromatic N) is 1. The average molecular weight is 391 g/mol. The van der Waals surface area contributed by atoms with Crippen LogP contribution in [0.2, 0.25) is 5.02 Å². The molecule has 1 N–H and O–H groups in total. The maximum atomic E-state index is 12.4. The highest BCUT2D eigenvalue weighted by molar-refractivity contribution is 6.32. The second kappa shape index (κ2) is 10.2. The fourth-order valence-corrected chi connectivity index (χ4v) is 3.31. The second-order valence-electron chi connectivity index (χ2n) is 6.85. The quantitative estimate of drug-likeness (QED) is 0.532. The van der Waals surface area contributed by atoms with Crippen LogP contribution in [0.3, 0.4) is 0 Å². The monoisotopic (exact) mass is 390 g/mol. The van der Waals surface area contributed by atoms with E-state index in [1.54, 1.807) is 12.1 Å². The maximum absolute atomic E-state index is 12.4. The van der Waals surface area contributed by atoms with E-state index in [1.165, 1.54) is 19.6 Å². The molecule has 5 nitrogen and oxygen atoms in total. The van der Waals surface area contributed by atoms with Gasteiger partial charge in [-0.05, 0) is 50.0 Å². The average Bonchev–Trinajstić information content (AvgIpc) is 2.68. The molecule has 1 fully saturated rings. The summed E-state index contributed by atoms with van der Waals surface area (Å²) in [7, 11) is 1.53. The molecule has 0 bridgehead atoms. The Morgan fingerprint density at radius 3 is 2.70 bits per heavy atom. The molecule has 1 saturated carbocycles. The van der Waals surface area contributed by atoms with Crippen molar-refractivity contribution >= 4 is 23.6 Å². The van der Waals surface area contributed by atoms with Gasteiger partial charge in [-0.25, -0.2) is 0 Å². The smallest absolute Gasteiger partial charge is 0.262 e. The highest BCUT2D eigenvalue weighted by Gasteiger charge is 2.19. The summed E-state index contributed by atoms with van der Waals surface area (Å²) in [6.45, 7) is 3.97. The molecule has 0 aliphatic heterocycles. The number of methoxy groups -OCH3 is 1. The first-order valence-corrected chi connectivity index (χ1v) is 9.83. The van der Waals surface area contributed by atoms with Crippen LogP contribution in [-0.2, 0) is 4.79 Å². The van der Waals surface area contributed by atoms with Gasteiger partial charge in [0.1, 0.15) is 11.6 Å². The molecule has 0 heterocycles.